The van der Waals surface area contributed by atoms with E-state index in [1.54, 1.807) is 11.8 Å². The van der Waals surface area contributed by atoms with Gasteiger partial charge in [-0.25, -0.2) is 4.79 Å². The Hall–Kier alpha value is -2.04. The smallest absolute Gasteiger partial charge is 0.410 e. The van der Waals surface area contributed by atoms with E-state index >= 15 is 0 Å². The molecule has 1 amide bonds. The van der Waals surface area contributed by atoms with Gasteiger partial charge in [0.1, 0.15) is 18.1 Å². The van der Waals surface area contributed by atoms with E-state index in [1.165, 1.54) is 0 Å². The fourth-order valence-electron chi connectivity index (χ4n) is 2.34. The molecule has 0 spiro atoms. The van der Waals surface area contributed by atoms with Crippen LogP contribution in [0.3, 0.4) is 0 Å². The minimum atomic E-state index is -0.294. The summed E-state index contributed by atoms with van der Waals surface area (Å²) in [5, 5.41) is 0. The SMILES string of the molecule is CC(=O)Cc1ccc(OCC2CN(C(C)(C)C)C(=O)O2)cc1. The predicted octanol–water partition coefficient (Wildman–Crippen LogP) is 2.82. The standard InChI is InChI=1S/C17H23NO4/c1-12(19)9-13-5-7-14(8-6-13)21-11-15-10-18(16(20)22-15)17(2,3)4/h5-8,15H,9-11H2,1-4H3. The quantitative estimate of drug-likeness (QED) is 0.839. The maximum absolute atomic E-state index is 11.8. The number of carbonyl (C=O) groups excluding carboxylic acids is 2. The highest BCUT2D eigenvalue weighted by Crippen LogP contribution is 2.22. The largest absolute Gasteiger partial charge is 0.490 e. The van der Waals surface area contributed by atoms with Crippen LogP contribution in [0.25, 0.3) is 0 Å². The van der Waals surface area contributed by atoms with Crippen LogP contribution in [0, 0.1) is 0 Å². The fourth-order valence-corrected chi connectivity index (χ4v) is 2.34. The Labute approximate surface area is 131 Å². The van der Waals surface area contributed by atoms with Crippen LogP contribution in [-0.4, -0.2) is 41.6 Å². The molecule has 5 nitrogen and oxygen atoms in total. The first-order valence-electron chi connectivity index (χ1n) is 7.45. The second-order valence-corrected chi connectivity index (χ2v) is 6.62. The molecule has 0 N–H and O–H groups in total. The van der Waals surface area contributed by atoms with E-state index in [1.807, 2.05) is 45.0 Å². The van der Waals surface area contributed by atoms with Crippen LogP contribution in [0.1, 0.15) is 33.3 Å². The minimum Gasteiger partial charge on any atom is -0.490 e. The van der Waals surface area contributed by atoms with Gasteiger partial charge in [-0.15, -0.1) is 0 Å². The summed E-state index contributed by atoms with van der Waals surface area (Å²) in [5.41, 5.74) is 0.714. The molecule has 1 saturated heterocycles. The molecule has 5 heteroatoms. The molecule has 1 aromatic carbocycles. The van der Waals surface area contributed by atoms with Gasteiger partial charge in [0.2, 0.25) is 0 Å². The summed E-state index contributed by atoms with van der Waals surface area (Å²) in [6, 6.07) is 7.41. The molecule has 0 bridgehead atoms. The van der Waals surface area contributed by atoms with Crippen molar-refractivity contribution < 1.29 is 19.1 Å². The van der Waals surface area contributed by atoms with Gasteiger partial charge in [-0.2, -0.15) is 0 Å². The first-order valence-corrected chi connectivity index (χ1v) is 7.45. The zero-order valence-corrected chi connectivity index (χ0v) is 13.6. The van der Waals surface area contributed by atoms with Crippen molar-refractivity contribution in [3.63, 3.8) is 0 Å². The lowest BCUT2D eigenvalue weighted by atomic mass is 10.1. The zero-order chi connectivity index (χ0) is 16.3. The van der Waals surface area contributed by atoms with Crippen molar-refractivity contribution >= 4 is 11.9 Å². The van der Waals surface area contributed by atoms with Gasteiger partial charge >= 0.3 is 6.09 Å². The van der Waals surface area contributed by atoms with Crippen molar-refractivity contribution in [3.05, 3.63) is 29.8 Å². The summed E-state index contributed by atoms with van der Waals surface area (Å²) in [7, 11) is 0. The Morgan fingerprint density at radius 3 is 2.45 bits per heavy atom. The summed E-state index contributed by atoms with van der Waals surface area (Å²) in [5.74, 6) is 0.839. The Bertz CT molecular complexity index is 545. The van der Waals surface area contributed by atoms with E-state index in [0.29, 0.717) is 25.3 Å². The number of hydrogen-bond acceptors (Lipinski definition) is 4. The zero-order valence-electron chi connectivity index (χ0n) is 13.6. The van der Waals surface area contributed by atoms with Gasteiger partial charge in [-0.05, 0) is 45.4 Å². The molecule has 0 saturated carbocycles. The van der Waals surface area contributed by atoms with Crippen molar-refractivity contribution in [1.82, 2.24) is 4.90 Å². The molecule has 2 rings (SSSR count). The van der Waals surface area contributed by atoms with Gasteiger partial charge in [0.15, 0.2) is 6.10 Å². The third-order valence-electron chi connectivity index (χ3n) is 3.50. The molecule has 1 aliphatic heterocycles. The minimum absolute atomic E-state index is 0.133. The number of benzene rings is 1. The molecule has 1 aromatic rings. The van der Waals surface area contributed by atoms with E-state index in [2.05, 4.69) is 0 Å². The van der Waals surface area contributed by atoms with E-state index in [4.69, 9.17) is 9.47 Å². The van der Waals surface area contributed by atoms with Gasteiger partial charge < -0.3 is 9.47 Å². The summed E-state index contributed by atoms with van der Waals surface area (Å²) in [4.78, 5) is 24.6. The van der Waals surface area contributed by atoms with E-state index < -0.39 is 0 Å². The molecule has 1 heterocycles. The summed E-state index contributed by atoms with van der Waals surface area (Å²) < 4.78 is 11.0. The van der Waals surface area contributed by atoms with Gasteiger partial charge in [0, 0.05) is 12.0 Å². The molecule has 0 aromatic heterocycles. The molecule has 1 unspecified atom stereocenters. The third-order valence-corrected chi connectivity index (χ3v) is 3.50. The van der Waals surface area contributed by atoms with Crippen molar-refractivity contribution in [2.24, 2.45) is 0 Å². The average Bonchev–Trinajstić information content (AvgIpc) is 2.78. The lowest BCUT2D eigenvalue weighted by Gasteiger charge is -2.29. The van der Waals surface area contributed by atoms with Crippen LogP contribution in [0.4, 0.5) is 4.79 Å². The Balaban J connectivity index is 1.86. The van der Waals surface area contributed by atoms with E-state index in [-0.39, 0.29) is 23.5 Å². The predicted molar refractivity (Wildman–Crippen MR) is 83.1 cm³/mol. The molecule has 0 radical (unpaired) electrons. The van der Waals surface area contributed by atoms with Crippen molar-refractivity contribution in [2.45, 2.75) is 45.8 Å². The van der Waals surface area contributed by atoms with Crippen LogP contribution in [0.5, 0.6) is 5.75 Å². The lowest BCUT2D eigenvalue weighted by molar-refractivity contribution is -0.116. The number of rotatable bonds is 5. The van der Waals surface area contributed by atoms with Crippen LogP contribution < -0.4 is 4.74 Å². The van der Waals surface area contributed by atoms with Crippen LogP contribution in [0.15, 0.2) is 24.3 Å². The molecule has 22 heavy (non-hydrogen) atoms. The van der Waals surface area contributed by atoms with Gasteiger partial charge in [0.25, 0.3) is 0 Å². The Morgan fingerprint density at radius 2 is 1.95 bits per heavy atom. The third kappa shape index (κ3) is 4.23. The van der Waals surface area contributed by atoms with E-state index in [9.17, 15) is 9.59 Å². The maximum Gasteiger partial charge on any atom is 0.410 e. The second-order valence-electron chi connectivity index (χ2n) is 6.62. The Morgan fingerprint density at radius 1 is 1.32 bits per heavy atom. The molecular formula is C17H23NO4. The van der Waals surface area contributed by atoms with Gasteiger partial charge in [0.05, 0.1) is 6.54 Å². The van der Waals surface area contributed by atoms with Gasteiger partial charge in [-0.1, -0.05) is 12.1 Å². The molecule has 1 fully saturated rings. The summed E-state index contributed by atoms with van der Waals surface area (Å²) in [6.07, 6.45) is -0.123. The topological polar surface area (TPSA) is 55.8 Å². The summed E-state index contributed by atoms with van der Waals surface area (Å²) >= 11 is 0. The second kappa shape index (κ2) is 6.38. The first-order chi connectivity index (χ1) is 10.3. The highest BCUT2D eigenvalue weighted by Gasteiger charge is 2.38. The maximum atomic E-state index is 11.8. The van der Waals surface area contributed by atoms with Crippen LogP contribution >= 0.6 is 0 Å². The number of carbonyl (C=O) groups is 2. The molecule has 0 aliphatic carbocycles. The number of Topliss-reactive ketones (excluding diaryl/α,β-unsaturated/α-hetero) is 1. The lowest BCUT2D eigenvalue weighted by Crippen LogP contribution is -2.42. The number of amides is 1. The van der Waals surface area contributed by atoms with Crippen molar-refractivity contribution in [3.8, 4) is 5.75 Å². The number of hydrogen-bond donors (Lipinski definition) is 0. The molecule has 120 valence electrons. The number of ether oxygens (including phenoxy) is 2. The molecule has 1 aliphatic rings. The van der Waals surface area contributed by atoms with E-state index in [0.717, 1.165) is 5.56 Å². The number of nitrogens with zero attached hydrogens (tertiary/aromatic N) is 1. The van der Waals surface area contributed by atoms with Crippen LogP contribution in [-0.2, 0) is 16.0 Å². The monoisotopic (exact) mass is 305 g/mol. The molecular weight excluding hydrogens is 282 g/mol. The van der Waals surface area contributed by atoms with Crippen LogP contribution in [0.2, 0.25) is 0 Å². The first kappa shape index (κ1) is 16.3. The highest BCUT2D eigenvalue weighted by molar-refractivity contribution is 5.78. The number of cyclic esters (lactones) is 1. The van der Waals surface area contributed by atoms with Crippen molar-refractivity contribution in [1.29, 1.82) is 0 Å². The average molecular weight is 305 g/mol. The molecule has 1 atom stereocenters. The van der Waals surface area contributed by atoms with Crippen molar-refractivity contribution in [2.75, 3.05) is 13.2 Å². The normalized spacial score (nSPS) is 18.3. The fraction of sp³-hybridized carbons (Fsp3) is 0.529. The number of ketones is 1. The summed E-state index contributed by atoms with van der Waals surface area (Å²) in [6.45, 7) is 8.36. The highest BCUT2D eigenvalue weighted by atomic mass is 16.6. The van der Waals surface area contributed by atoms with Gasteiger partial charge in [-0.3, -0.25) is 9.69 Å². The Kier molecular flexibility index (Phi) is 4.74.